The van der Waals surface area contributed by atoms with Gasteiger partial charge in [0.1, 0.15) is 0 Å². The maximum atomic E-state index is 12.3. The Kier molecular flexibility index (Phi) is 7.79. The summed E-state index contributed by atoms with van der Waals surface area (Å²) in [5, 5.41) is 3.37. The van der Waals surface area contributed by atoms with Crippen LogP contribution in [0, 0.1) is 0 Å². The van der Waals surface area contributed by atoms with E-state index in [0.717, 1.165) is 15.9 Å². The monoisotopic (exact) mass is 430 g/mol. The van der Waals surface area contributed by atoms with Gasteiger partial charge in [0.05, 0.1) is 0 Å². The molecule has 0 radical (unpaired) electrons. The van der Waals surface area contributed by atoms with Gasteiger partial charge in [-0.1, -0.05) is 0 Å². The topological polar surface area (TPSA) is 17.1 Å². The molecule has 0 heterocycles. The summed E-state index contributed by atoms with van der Waals surface area (Å²) in [4.78, 5) is 12.3. The van der Waals surface area contributed by atoms with Gasteiger partial charge in [0.2, 0.25) is 0 Å². The number of carbonyl (C=O) groups is 1. The quantitative estimate of drug-likeness (QED) is 0.353. The third-order valence-electron chi connectivity index (χ3n) is 3.86. The van der Waals surface area contributed by atoms with Crippen LogP contribution >= 0.6 is 19.7 Å². The summed E-state index contributed by atoms with van der Waals surface area (Å²) >= 11 is 0. The molecule has 1 nitrogen and oxygen atoms in total. The zero-order valence-electron chi connectivity index (χ0n) is 12.4. The minimum absolute atomic E-state index is 0. The first-order valence-electron chi connectivity index (χ1n) is 7.01. The van der Waals surface area contributed by atoms with Gasteiger partial charge in [-0.25, -0.2) is 0 Å². The maximum absolute atomic E-state index is 12.3. The predicted molar refractivity (Wildman–Crippen MR) is 101 cm³/mol. The molecule has 0 atom stereocenters. The Morgan fingerprint density at radius 2 is 0.826 bits per heavy atom. The number of carbonyl (C=O) groups excluding carboxylic acids is 1. The summed E-state index contributed by atoms with van der Waals surface area (Å²) in [5.74, 6) is 0. The van der Waals surface area contributed by atoms with Gasteiger partial charge in [-0.15, -0.1) is 12.4 Å². The molecule has 0 N–H and O–H groups in total. The average Bonchev–Trinajstić information content (AvgIpc) is 2.59. The molecule has 0 spiro atoms. The summed E-state index contributed by atoms with van der Waals surface area (Å²) < 4.78 is 0. The maximum Gasteiger partial charge on any atom is 0 e. The van der Waals surface area contributed by atoms with Gasteiger partial charge in [0.25, 0.3) is 0 Å². The second kappa shape index (κ2) is 9.09. The van der Waals surface area contributed by atoms with Crippen molar-refractivity contribution in [3.63, 3.8) is 0 Å². The molecule has 0 unspecified atom stereocenters. The van der Waals surface area contributed by atoms with Gasteiger partial charge in [-0.05, 0) is 0 Å². The Bertz CT molecular complexity index is 623. The van der Waals surface area contributed by atoms with Crippen molar-refractivity contribution in [1.82, 2.24) is 0 Å². The van der Waals surface area contributed by atoms with Crippen LogP contribution < -0.4 is 15.9 Å². The van der Waals surface area contributed by atoms with Gasteiger partial charge in [-0.2, -0.15) is 0 Å². The van der Waals surface area contributed by atoms with Crippen LogP contribution in [0.2, 0.25) is 0 Å². The molecule has 0 amide bonds. The Morgan fingerprint density at radius 1 is 0.565 bits per heavy atom. The van der Waals surface area contributed by atoms with Gasteiger partial charge >= 0.3 is 125 Å². The molecule has 23 heavy (non-hydrogen) atoms. The van der Waals surface area contributed by atoms with Gasteiger partial charge in [0, 0.05) is 19.5 Å². The van der Waals surface area contributed by atoms with Crippen molar-refractivity contribution in [2.24, 2.45) is 0 Å². The molecule has 3 aromatic carbocycles. The first-order valence-corrected chi connectivity index (χ1v) is 9.08. The van der Waals surface area contributed by atoms with E-state index in [4.69, 9.17) is 0 Å². The van der Waals surface area contributed by atoms with E-state index in [1.165, 1.54) is 6.03 Å². The molecule has 0 saturated heterocycles. The van der Waals surface area contributed by atoms with Crippen LogP contribution in [0.1, 0.15) is 0 Å². The smallest absolute Gasteiger partial charge is 0 e. The van der Waals surface area contributed by atoms with Gasteiger partial charge < -0.3 is 0 Å². The normalized spacial score (nSPS) is 10.8. The number of rotatable bonds is 4. The standard InChI is InChI=1S/C19H17OP.ClH.Ru/c20-16-21(17-10-4-1-5-11-17,18-12-6-2-7-13-18)19-14-8-3-9-15-19;;/h1-16,21H;1H;. The van der Waals surface area contributed by atoms with Gasteiger partial charge in [0.15, 0.2) is 0 Å². The Labute approximate surface area is 156 Å². The van der Waals surface area contributed by atoms with Crippen LogP contribution in [-0.2, 0) is 24.3 Å². The third kappa shape index (κ3) is 3.78. The summed E-state index contributed by atoms with van der Waals surface area (Å²) in [6, 6.07) is 31.6. The Balaban J connectivity index is 0.00000132. The molecule has 0 aliphatic carbocycles. The third-order valence-corrected chi connectivity index (χ3v) is 7.95. The fourth-order valence-corrected chi connectivity index (χ4v) is 6.37. The van der Waals surface area contributed by atoms with Crippen molar-refractivity contribution >= 4 is 41.6 Å². The first kappa shape index (κ1) is 19.7. The van der Waals surface area contributed by atoms with Crippen molar-refractivity contribution in [1.29, 1.82) is 0 Å². The number of halogens is 1. The number of hydrogen-bond donors (Lipinski definition) is 0. The summed E-state index contributed by atoms with van der Waals surface area (Å²) in [6.45, 7) is 0. The molecule has 0 bridgehead atoms. The molecule has 0 aliphatic heterocycles. The zero-order chi connectivity index (χ0) is 14.5. The van der Waals surface area contributed by atoms with Crippen molar-refractivity contribution < 1.29 is 24.3 Å². The minimum atomic E-state index is -2.58. The molecular weight excluding hydrogens is 412 g/mol. The van der Waals surface area contributed by atoms with Gasteiger partial charge in [-0.3, -0.25) is 0 Å². The van der Waals surface area contributed by atoms with E-state index >= 15 is 0 Å². The fourth-order valence-electron chi connectivity index (χ4n) is 2.81. The minimum Gasteiger partial charge on any atom is 0 e. The first-order chi connectivity index (χ1) is 10.4. The van der Waals surface area contributed by atoms with E-state index in [-0.39, 0.29) is 31.9 Å². The van der Waals surface area contributed by atoms with E-state index in [1.807, 2.05) is 54.6 Å². The number of benzene rings is 3. The van der Waals surface area contributed by atoms with Crippen molar-refractivity contribution in [2.45, 2.75) is 0 Å². The molecule has 3 aromatic rings. The molecule has 4 heteroatoms. The van der Waals surface area contributed by atoms with Crippen LogP contribution in [0.15, 0.2) is 91.0 Å². The molecule has 3 rings (SSSR count). The molecule has 0 aliphatic rings. The Morgan fingerprint density at radius 3 is 1.04 bits per heavy atom. The van der Waals surface area contributed by atoms with E-state index in [1.54, 1.807) is 0 Å². The van der Waals surface area contributed by atoms with Crippen LogP contribution in [0.5, 0.6) is 0 Å². The van der Waals surface area contributed by atoms with Crippen LogP contribution in [0.25, 0.3) is 0 Å². The summed E-state index contributed by atoms with van der Waals surface area (Å²) in [5.41, 5.74) is 0. The molecular formula is C19H18ClOPRu. The number of hydrogen-bond acceptors (Lipinski definition) is 1. The average molecular weight is 430 g/mol. The van der Waals surface area contributed by atoms with Crippen LogP contribution in [0.3, 0.4) is 0 Å². The van der Waals surface area contributed by atoms with Crippen molar-refractivity contribution in [3.8, 4) is 0 Å². The van der Waals surface area contributed by atoms with Crippen molar-refractivity contribution in [2.75, 3.05) is 0 Å². The Hall–Kier alpha value is -1.33. The zero-order valence-corrected chi connectivity index (χ0v) is 16.0. The van der Waals surface area contributed by atoms with Crippen LogP contribution in [-0.4, -0.2) is 6.03 Å². The SMILES string of the molecule is Cl.O=C[PH](c1ccccc1)(c1ccccc1)c1ccccc1.[Ru]. The van der Waals surface area contributed by atoms with E-state index < -0.39 is 7.26 Å². The van der Waals surface area contributed by atoms with Crippen LogP contribution in [0.4, 0.5) is 0 Å². The second-order valence-corrected chi connectivity index (χ2v) is 8.61. The van der Waals surface area contributed by atoms with E-state index in [9.17, 15) is 4.79 Å². The molecule has 0 saturated carbocycles. The van der Waals surface area contributed by atoms with E-state index in [2.05, 4.69) is 36.4 Å². The molecule has 0 aromatic heterocycles. The second-order valence-electron chi connectivity index (χ2n) is 5.02. The molecule has 0 fully saturated rings. The fraction of sp³-hybridized carbons (Fsp3) is 0. The summed E-state index contributed by atoms with van der Waals surface area (Å²) in [7, 11) is -2.58. The predicted octanol–water partition coefficient (Wildman–Crippen LogP) is 3.32. The molecule has 120 valence electrons. The largest absolute Gasteiger partial charge is 0 e. The van der Waals surface area contributed by atoms with Crippen molar-refractivity contribution in [3.05, 3.63) is 91.0 Å². The van der Waals surface area contributed by atoms with E-state index in [0.29, 0.717) is 0 Å². The summed E-state index contributed by atoms with van der Waals surface area (Å²) in [6.07, 6.45) is 0.